The maximum atomic E-state index is 12.9. The molecule has 0 radical (unpaired) electrons. The Bertz CT molecular complexity index is 1080. The first-order valence-electron chi connectivity index (χ1n) is 10.7. The number of nitrogens with zero attached hydrogens (tertiary/aromatic N) is 5. The van der Waals surface area contributed by atoms with Crippen LogP contribution in [0.15, 0.2) is 36.5 Å². The van der Waals surface area contributed by atoms with Crippen molar-refractivity contribution >= 4 is 23.1 Å². The highest BCUT2D eigenvalue weighted by atomic mass is 16.2. The number of aryl methyl sites for hydroxylation is 1. The van der Waals surface area contributed by atoms with Gasteiger partial charge in [0.2, 0.25) is 11.7 Å². The van der Waals surface area contributed by atoms with Crippen LogP contribution in [0.1, 0.15) is 37.7 Å². The first-order valence-corrected chi connectivity index (χ1v) is 10.7. The Balaban J connectivity index is 1.27. The van der Waals surface area contributed by atoms with Gasteiger partial charge in [0.05, 0.1) is 5.69 Å². The van der Waals surface area contributed by atoms with E-state index in [0.717, 1.165) is 41.5 Å². The number of pyridine rings is 1. The number of fused-ring (bicyclic) bond motifs is 3. The Morgan fingerprint density at radius 1 is 1.10 bits per heavy atom. The van der Waals surface area contributed by atoms with Gasteiger partial charge in [-0.05, 0) is 72.6 Å². The first-order chi connectivity index (χ1) is 14.7. The molecular formula is C22H23N7O. The first kappa shape index (κ1) is 17.6. The molecule has 2 N–H and O–H groups in total. The number of tetrazole rings is 1. The summed E-state index contributed by atoms with van der Waals surface area (Å²) in [6.07, 6.45) is 8.32. The number of aromatic nitrogens is 5. The third kappa shape index (κ3) is 2.94. The number of nitrogens with one attached hydrogen (secondary N) is 2. The monoisotopic (exact) mass is 401 g/mol. The molecule has 0 spiro atoms. The fourth-order valence-corrected chi connectivity index (χ4v) is 5.48. The molecule has 2 aromatic heterocycles. The lowest BCUT2D eigenvalue weighted by Crippen LogP contribution is -2.46. The Morgan fingerprint density at radius 2 is 2.00 bits per heavy atom. The number of hydrogen-bond acceptors (Lipinski definition) is 6. The summed E-state index contributed by atoms with van der Waals surface area (Å²) in [5, 5.41) is 17.4. The minimum Gasteiger partial charge on any atom is -0.340 e. The van der Waals surface area contributed by atoms with Crippen molar-refractivity contribution in [3.05, 3.63) is 42.1 Å². The maximum Gasteiger partial charge on any atom is 0.227 e. The highest BCUT2D eigenvalue weighted by Crippen LogP contribution is 2.49. The van der Waals surface area contributed by atoms with Crippen molar-refractivity contribution < 1.29 is 4.79 Å². The Kier molecular flexibility index (Phi) is 4.04. The summed E-state index contributed by atoms with van der Waals surface area (Å²) >= 11 is 0. The van der Waals surface area contributed by atoms with E-state index >= 15 is 0 Å². The van der Waals surface area contributed by atoms with E-state index in [0.29, 0.717) is 24.2 Å². The van der Waals surface area contributed by atoms with E-state index in [1.807, 2.05) is 36.5 Å². The van der Waals surface area contributed by atoms with Crippen LogP contribution in [-0.2, 0) is 11.2 Å². The smallest absolute Gasteiger partial charge is 0.227 e. The van der Waals surface area contributed by atoms with E-state index in [1.165, 1.54) is 24.8 Å². The Morgan fingerprint density at radius 3 is 2.73 bits per heavy atom. The van der Waals surface area contributed by atoms with Crippen LogP contribution >= 0.6 is 0 Å². The molecule has 3 unspecified atom stereocenters. The Labute approximate surface area is 174 Å². The number of hydrogen-bond donors (Lipinski definition) is 2. The van der Waals surface area contributed by atoms with Crippen molar-refractivity contribution in [1.82, 2.24) is 25.6 Å². The fourth-order valence-electron chi connectivity index (χ4n) is 5.48. The molecule has 3 heterocycles. The van der Waals surface area contributed by atoms with Crippen LogP contribution in [0.25, 0.3) is 11.4 Å². The third-order valence-electron chi connectivity index (χ3n) is 6.89. The van der Waals surface area contributed by atoms with Crippen molar-refractivity contribution in [1.29, 1.82) is 0 Å². The molecule has 6 rings (SSSR count). The standard InChI is InChI=1S/C22H23N7O/c30-21-8-5-16-12-23-20(11-19(16)29(21)18-10-13-1-2-15(18)9-13)24-17-6-3-14(4-7-17)22-25-27-28-26-22/h3-4,6-7,11-13,15,18H,1-2,5,8-10H2,(H,23,24)(H,25,26,27,28). The number of rotatable bonds is 4. The van der Waals surface area contributed by atoms with E-state index < -0.39 is 0 Å². The molecule has 1 aliphatic heterocycles. The van der Waals surface area contributed by atoms with Crippen LogP contribution < -0.4 is 10.2 Å². The SMILES string of the molecule is O=C1CCc2cnc(Nc3ccc(-c4nn[nH]n4)cc3)cc2N1C1CC2CCC1C2. The number of amides is 1. The predicted molar refractivity (Wildman–Crippen MR) is 112 cm³/mol. The van der Waals surface area contributed by atoms with E-state index in [1.54, 1.807) is 0 Å². The van der Waals surface area contributed by atoms with E-state index in [4.69, 9.17) is 0 Å². The number of carbonyl (C=O) groups is 1. The fraction of sp³-hybridized carbons (Fsp3) is 0.409. The molecule has 30 heavy (non-hydrogen) atoms. The van der Waals surface area contributed by atoms with E-state index in [-0.39, 0.29) is 5.91 Å². The number of aromatic amines is 1. The van der Waals surface area contributed by atoms with Gasteiger partial charge in [-0.2, -0.15) is 5.21 Å². The second-order valence-electron chi connectivity index (χ2n) is 8.64. The van der Waals surface area contributed by atoms with Crippen LogP contribution in [0.2, 0.25) is 0 Å². The quantitative estimate of drug-likeness (QED) is 0.694. The molecule has 0 saturated heterocycles. The number of anilines is 3. The van der Waals surface area contributed by atoms with Gasteiger partial charge < -0.3 is 10.2 Å². The van der Waals surface area contributed by atoms with Crippen LogP contribution in [0.3, 0.4) is 0 Å². The van der Waals surface area contributed by atoms with Gasteiger partial charge in [-0.25, -0.2) is 4.98 Å². The molecule has 3 atom stereocenters. The average molecular weight is 401 g/mol. The van der Waals surface area contributed by atoms with Crippen LogP contribution in [0.4, 0.5) is 17.2 Å². The van der Waals surface area contributed by atoms with E-state index in [9.17, 15) is 4.79 Å². The van der Waals surface area contributed by atoms with Gasteiger partial charge in [-0.3, -0.25) is 4.79 Å². The summed E-state index contributed by atoms with van der Waals surface area (Å²) in [6.45, 7) is 0. The van der Waals surface area contributed by atoms with Crippen molar-refractivity contribution in [2.75, 3.05) is 10.2 Å². The summed E-state index contributed by atoms with van der Waals surface area (Å²) in [6, 6.07) is 10.2. The summed E-state index contributed by atoms with van der Waals surface area (Å²) in [5.41, 5.74) is 4.03. The second kappa shape index (κ2) is 6.90. The molecule has 8 nitrogen and oxygen atoms in total. The minimum atomic E-state index is 0.265. The molecule has 2 saturated carbocycles. The Hall–Kier alpha value is -3.29. The predicted octanol–water partition coefficient (Wildman–Crippen LogP) is 3.47. The summed E-state index contributed by atoms with van der Waals surface area (Å²) in [5.74, 6) is 3.04. The number of H-pyrrole nitrogens is 1. The van der Waals surface area contributed by atoms with Crippen molar-refractivity contribution in [3.8, 4) is 11.4 Å². The minimum absolute atomic E-state index is 0.265. The lowest BCUT2D eigenvalue weighted by atomic mass is 9.91. The van der Waals surface area contributed by atoms with Crippen molar-refractivity contribution in [2.24, 2.45) is 11.8 Å². The molecular weight excluding hydrogens is 378 g/mol. The third-order valence-corrected chi connectivity index (χ3v) is 6.89. The summed E-state index contributed by atoms with van der Waals surface area (Å²) in [4.78, 5) is 19.6. The molecule has 2 fully saturated rings. The zero-order valence-corrected chi connectivity index (χ0v) is 16.6. The normalized spacial score (nSPS) is 24.9. The zero-order chi connectivity index (χ0) is 20.1. The lowest BCUT2D eigenvalue weighted by Gasteiger charge is -2.38. The largest absolute Gasteiger partial charge is 0.340 e. The summed E-state index contributed by atoms with van der Waals surface area (Å²) in [7, 11) is 0. The van der Waals surface area contributed by atoms with Gasteiger partial charge >= 0.3 is 0 Å². The van der Waals surface area contributed by atoms with Gasteiger partial charge in [0.15, 0.2) is 0 Å². The van der Waals surface area contributed by atoms with Crippen LogP contribution in [0, 0.1) is 11.8 Å². The summed E-state index contributed by atoms with van der Waals surface area (Å²) < 4.78 is 0. The molecule has 3 aliphatic rings. The highest BCUT2D eigenvalue weighted by molar-refractivity contribution is 5.97. The van der Waals surface area contributed by atoms with Gasteiger partial charge in [0.1, 0.15) is 5.82 Å². The second-order valence-corrected chi connectivity index (χ2v) is 8.64. The molecule has 8 heteroatoms. The molecule has 2 bridgehead atoms. The molecule has 3 aromatic rings. The topological polar surface area (TPSA) is 99.7 Å². The average Bonchev–Trinajstić information content (AvgIpc) is 3.53. The lowest BCUT2D eigenvalue weighted by molar-refractivity contribution is -0.119. The van der Waals surface area contributed by atoms with Crippen LogP contribution in [0.5, 0.6) is 0 Å². The number of carbonyl (C=O) groups excluding carboxylic acids is 1. The highest BCUT2D eigenvalue weighted by Gasteiger charge is 2.45. The van der Waals surface area contributed by atoms with Crippen LogP contribution in [-0.4, -0.2) is 37.6 Å². The van der Waals surface area contributed by atoms with Crippen molar-refractivity contribution in [3.63, 3.8) is 0 Å². The maximum absolute atomic E-state index is 12.9. The van der Waals surface area contributed by atoms with Gasteiger partial charge in [-0.1, -0.05) is 6.42 Å². The molecule has 1 aromatic carbocycles. The van der Waals surface area contributed by atoms with Gasteiger partial charge in [0.25, 0.3) is 0 Å². The van der Waals surface area contributed by atoms with Gasteiger partial charge in [0, 0.05) is 36.0 Å². The van der Waals surface area contributed by atoms with Gasteiger partial charge in [-0.15, -0.1) is 10.2 Å². The van der Waals surface area contributed by atoms with Crippen molar-refractivity contribution in [2.45, 2.75) is 44.6 Å². The molecule has 152 valence electrons. The van der Waals surface area contributed by atoms with E-state index in [2.05, 4.69) is 35.8 Å². The number of benzene rings is 1. The molecule has 1 amide bonds. The molecule has 2 aliphatic carbocycles. The zero-order valence-electron chi connectivity index (χ0n) is 16.6.